The summed E-state index contributed by atoms with van der Waals surface area (Å²) in [6, 6.07) is -0.384. The van der Waals surface area contributed by atoms with Gasteiger partial charge in [-0.25, -0.2) is 4.79 Å². The van der Waals surface area contributed by atoms with Crippen molar-refractivity contribution in [3.8, 4) is 0 Å². The third-order valence-corrected chi connectivity index (χ3v) is 2.73. The number of aliphatic hydroxyl groups is 1. The van der Waals surface area contributed by atoms with Crippen LogP contribution >= 0.6 is 0 Å². The summed E-state index contributed by atoms with van der Waals surface area (Å²) in [5, 5.41) is 18.5. The monoisotopic (exact) mass is 254 g/mol. The molecule has 0 aliphatic carbocycles. The first-order chi connectivity index (χ1) is 8.65. The molecule has 102 valence electrons. The maximum absolute atomic E-state index is 11.4. The van der Waals surface area contributed by atoms with Gasteiger partial charge in [0.2, 0.25) is 0 Å². The van der Waals surface area contributed by atoms with Crippen LogP contribution in [0.1, 0.15) is 25.3 Å². The number of amides is 2. The van der Waals surface area contributed by atoms with Crippen LogP contribution in [0.3, 0.4) is 0 Å². The molecule has 0 spiro atoms. The Hall–Kier alpha value is -1.56. The predicted molar refractivity (Wildman–Crippen MR) is 69.2 cm³/mol. The molecule has 1 rings (SSSR count). The van der Waals surface area contributed by atoms with Crippen molar-refractivity contribution in [3.63, 3.8) is 0 Å². The normalized spacial score (nSPS) is 12.2. The number of nitrogens with zero attached hydrogens (tertiary/aromatic N) is 2. The Labute approximate surface area is 107 Å². The van der Waals surface area contributed by atoms with Crippen LogP contribution in [-0.4, -0.2) is 40.1 Å². The minimum absolute atomic E-state index is 0.0282. The molecule has 0 saturated heterocycles. The van der Waals surface area contributed by atoms with Gasteiger partial charge in [-0.3, -0.25) is 4.68 Å². The van der Waals surface area contributed by atoms with Gasteiger partial charge in [0.05, 0.1) is 18.8 Å². The number of nitrogens with one attached hydrogen (secondary N) is 2. The van der Waals surface area contributed by atoms with E-state index in [2.05, 4.69) is 15.7 Å². The van der Waals surface area contributed by atoms with E-state index in [-0.39, 0.29) is 18.7 Å². The van der Waals surface area contributed by atoms with Crippen molar-refractivity contribution in [1.29, 1.82) is 0 Å². The molecule has 6 nitrogen and oxygen atoms in total. The first-order valence-electron chi connectivity index (χ1n) is 6.28. The zero-order valence-electron chi connectivity index (χ0n) is 11.0. The molecule has 0 aliphatic heterocycles. The van der Waals surface area contributed by atoms with Crippen LogP contribution in [0, 0.1) is 0 Å². The Morgan fingerprint density at radius 1 is 1.61 bits per heavy atom. The van der Waals surface area contributed by atoms with E-state index in [0.717, 1.165) is 19.3 Å². The fourth-order valence-electron chi connectivity index (χ4n) is 1.61. The second kappa shape index (κ2) is 7.71. The minimum atomic E-state index is -0.220. The number of carbonyl (C=O) groups is 1. The van der Waals surface area contributed by atoms with Crippen LogP contribution < -0.4 is 10.6 Å². The third kappa shape index (κ3) is 5.18. The van der Waals surface area contributed by atoms with Crippen molar-refractivity contribution < 1.29 is 9.90 Å². The average molecular weight is 254 g/mol. The topological polar surface area (TPSA) is 79.2 Å². The van der Waals surface area contributed by atoms with Crippen molar-refractivity contribution in [2.75, 3.05) is 13.2 Å². The lowest BCUT2D eigenvalue weighted by molar-refractivity contribution is 0.214. The van der Waals surface area contributed by atoms with Gasteiger partial charge in [-0.05, 0) is 24.8 Å². The van der Waals surface area contributed by atoms with Crippen molar-refractivity contribution in [2.24, 2.45) is 7.05 Å². The Morgan fingerprint density at radius 2 is 2.39 bits per heavy atom. The summed E-state index contributed by atoms with van der Waals surface area (Å²) in [6.45, 7) is 2.51. The molecular formula is C12H22N4O2. The van der Waals surface area contributed by atoms with E-state index in [4.69, 9.17) is 5.11 Å². The Bertz CT molecular complexity index is 361. The SMILES string of the molecule is CCC(CO)NC(=O)NCCCc1cnn(C)c1. The lowest BCUT2D eigenvalue weighted by Crippen LogP contribution is -2.43. The molecule has 1 atom stereocenters. The molecule has 1 aromatic heterocycles. The molecule has 6 heteroatoms. The van der Waals surface area contributed by atoms with Gasteiger partial charge in [0.1, 0.15) is 0 Å². The highest BCUT2D eigenvalue weighted by molar-refractivity contribution is 5.74. The fraction of sp³-hybridized carbons (Fsp3) is 0.667. The Morgan fingerprint density at radius 3 is 2.94 bits per heavy atom. The highest BCUT2D eigenvalue weighted by atomic mass is 16.3. The van der Waals surface area contributed by atoms with Crippen LogP contribution in [0.4, 0.5) is 4.79 Å². The van der Waals surface area contributed by atoms with Crippen molar-refractivity contribution in [2.45, 2.75) is 32.2 Å². The zero-order chi connectivity index (χ0) is 13.4. The number of rotatable bonds is 7. The van der Waals surface area contributed by atoms with E-state index in [0.29, 0.717) is 6.54 Å². The van der Waals surface area contributed by atoms with E-state index in [1.807, 2.05) is 26.4 Å². The summed E-state index contributed by atoms with van der Waals surface area (Å²) in [5.74, 6) is 0. The molecular weight excluding hydrogens is 232 g/mol. The van der Waals surface area contributed by atoms with E-state index < -0.39 is 0 Å². The lowest BCUT2D eigenvalue weighted by Gasteiger charge is -2.14. The molecule has 1 unspecified atom stereocenters. The molecule has 1 aromatic rings. The average Bonchev–Trinajstić information content (AvgIpc) is 2.77. The lowest BCUT2D eigenvalue weighted by atomic mass is 10.2. The third-order valence-electron chi connectivity index (χ3n) is 2.73. The molecule has 3 N–H and O–H groups in total. The summed E-state index contributed by atoms with van der Waals surface area (Å²) in [5.41, 5.74) is 1.17. The standard InChI is InChI=1S/C12H22N4O2/c1-3-11(9-17)15-12(18)13-6-4-5-10-7-14-16(2)8-10/h7-8,11,17H,3-6,9H2,1-2H3,(H2,13,15,18). The Balaban J connectivity index is 2.12. The zero-order valence-corrected chi connectivity index (χ0v) is 11.0. The van der Waals surface area contributed by atoms with Crippen LogP contribution in [0.5, 0.6) is 0 Å². The van der Waals surface area contributed by atoms with Gasteiger partial charge in [0, 0.05) is 19.8 Å². The van der Waals surface area contributed by atoms with Crippen LogP contribution in [0.2, 0.25) is 0 Å². The molecule has 0 radical (unpaired) electrons. The first kappa shape index (κ1) is 14.5. The second-order valence-corrected chi connectivity index (χ2v) is 4.31. The van der Waals surface area contributed by atoms with Crippen molar-refractivity contribution in [1.82, 2.24) is 20.4 Å². The summed E-state index contributed by atoms with van der Waals surface area (Å²) < 4.78 is 1.77. The van der Waals surface area contributed by atoms with Crippen molar-refractivity contribution >= 4 is 6.03 Å². The maximum Gasteiger partial charge on any atom is 0.315 e. The van der Waals surface area contributed by atoms with Crippen molar-refractivity contribution in [3.05, 3.63) is 18.0 Å². The second-order valence-electron chi connectivity index (χ2n) is 4.31. The number of aliphatic hydroxyl groups excluding tert-OH is 1. The van der Waals surface area contributed by atoms with Gasteiger partial charge in [-0.15, -0.1) is 0 Å². The number of hydrogen-bond donors (Lipinski definition) is 3. The van der Waals surface area contributed by atoms with E-state index >= 15 is 0 Å². The molecule has 18 heavy (non-hydrogen) atoms. The number of urea groups is 1. The highest BCUT2D eigenvalue weighted by Crippen LogP contribution is 1.99. The van der Waals surface area contributed by atoms with E-state index in [9.17, 15) is 4.79 Å². The van der Waals surface area contributed by atoms with Gasteiger partial charge in [0.25, 0.3) is 0 Å². The first-order valence-corrected chi connectivity index (χ1v) is 6.28. The highest BCUT2D eigenvalue weighted by Gasteiger charge is 2.07. The number of aromatic nitrogens is 2. The molecule has 0 aliphatic rings. The summed E-state index contributed by atoms with van der Waals surface area (Å²) >= 11 is 0. The predicted octanol–water partition coefficient (Wildman–Crippen LogP) is 0.423. The Kier molecular flexibility index (Phi) is 6.21. The van der Waals surface area contributed by atoms with Gasteiger partial charge < -0.3 is 15.7 Å². The summed E-state index contributed by atoms with van der Waals surface area (Å²) in [4.78, 5) is 11.4. The van der Waals surface area contributed by atoms with Gasteiger partial charge in [-0.2, -0.15) is 5.10 Å². The van der Waals surface area contributed by atoms with E-state index in [1.165, 1.54) is 5.56 Å². The van der Waals surface area contributed by atoms with Crippen LogP contribution in [0.25, 0.3) is 0 Å². The summed E-state index contributed by atoms with van der Waals surface area (Å²) in [7, 11) is 1.88. The van der Waals surface area contributed by atoms with E-state index in [1.54, 1.807) is 4.68 Å². The number of aryl methyl sites for hydroxylation is 2. The molecule has 0 bridgehead atoms. The number of carbonyl (C=O) groups excluding carboxylic acids is 1. The fourth-order valence-corrected chi connectivity index (χ4v) is 1.61. The molecule has 1 heterocycles. The maximum atomic E-state index is 11.4. The molecule has 0 aromatic carbocycles. The molecule has 0 saturated carbocycles. The quantitative estimate of drug-likeness (QED) is 0.617. The minimum Gasteiger partial charge on any atom is -0.394 e. The largest absolute Gasteiger partial charge is 0.394 e. The smallest absolute Gasteiger partial charge is 0.315 e. The van der Waals surface area contributed by atoms with Gasteiger partial charge >= 0.3 is 6.03 Å². The molecule has 0 fully saturated rings. The van der Waals surface area contributed by atoms with Crippen LogP contribution in [0.15, 0.2) is 12.4 Å². The van der Waals surface area contributed by atoms with Crippen LogP contribution in [-0.2, 0) is 13.5 Å². The summed E-state index contributed by atoms with van der Waals surface area (Å²) in [6.07, 6.45) is 6.29. The molecule has 2 amide bonds. The van der Waals surface area contributed by atoms with Gasteiger partial charge in [0.15, 0.2) is 0 Å². The number of hydrogen-bond acceptors (Lipinski definition) is 3. The van der Waals surface area contributed by atoms with Gasteiger partial charge in [-0.1, -0.05) is 6.92 Å².